The van der Waals surface area contributed by atoms with Gasteiger partial charge in [0.05, 0.1) is 5.02 Å². The SMILES string of the molecule is CCCCCCCCCCCC(=O)c1ccc(Cl)cc1Cl. The molecule has 0 radical (unpaired) electrons. The predicted octanol–water partition coefficient (Wildman–Crippen LogP) is 7.10. The summed E-state index contributed by atoms with van der Waals surface area (Å²) in [5, 5.41) is 1.03. The molecule has 0 fully saturated rings. The third-order valence-corrected chi connectivity index (χ3v) is 4.29. The molecule has 118 valence electrons. The third-order valence-electron chi connectivity index (χ3n) is 3.74. The molecule has 0 saturated carbocycles. The van der Waals surface area contributed by atoms with E-state index in [1.54, 1.807) is 18.2 Å². The van der Waals surface area contributed by atoms with E-state index < -0.39 is 0 Å². The minimum Gasteiger partial charge on any atom is -0.294 e. The van der Waals surface area contributed by atoms with Crippen LogP contribution in [0.2, 0.25) is 10.0 Å². The summed E-state index contributed by atoms with van der Waals surface area (Å²) in [6.45, 7) is 2.24. The van der Waals surface area contributed by atoms with Crippen LogP contribution in [0.4, 0.5) is 0 Å². The lowest BCUT2D eigenvalue weighted by atomic mass is 10.0. The zero-order valence-corrected chi connectivity index (χ0v) is 14.5. The summed E-state index contributed by atoms with van der Waals surface area (Å²) >= 11 is 11.9. The zero-order valence-electron chi connectivity index (χ0n) is 13.0. The Bertz CT molecular complexity index is 429. The molecule has 0 unspecified atom stereocenters. The predicted molar refractivity (Wildman–Crippen MR) is 92.6 cm³/mol. The quantitative estimate of drug-likeness (QED) is 0.313. The summed E-state index contributed by atoms with van der Waals surface area (Å²) in [7, 11) is 0. The van der Waals surface area contributed by atoms with Gasteiger partial charge in [-0.05, 0) is 24.6 Å². The first-order valence-electron chi connectivity index (χ1n) is 8.13. The number of unbranched alkanes of at least 4 members (excludes halogenated alkanes) is 8. The van der Waals surface area contributed by atoms with Gasteiger partial charge in [-0.15, -0.1) is 0 Å². The number of benzene rings is 1. The summed E-state index contributed by atoms with van der Waals surface area (Å²) in [4.78, 5) is 12.1. The summed E-state index contributed by atoms with van der Waals surface area (Å²) in [5.41, 5.74) is 0.598. The summed E-state index contributed by atoms with van der Waals surface area (Å²) in [6.07, 6.45) is 11.9. The number of ketones is 1. The standard InChI is InChI=1S/C18H26Cl2O/c1-2-3-4-5-6-7-8-9-10-11-18(21)16-13-12-15(19)14-17(16)20/h12-14H,2-11H2,1H3. The molecule has 0 amide bonds. The second kappa shape index (κ2) is 11.1. The van der Waals surface area contributed by atoms with Crippen LogP contribution in [-0.2, 0) is 0 Å². The summed E-state index contributed by atoms with van der Waals surface area (Å²) < 4.78 is 0. The third kappa shape index (κ3) is 7.87. The normalized spacial score (nSPS) is 10.8. The first-order valence-corrected chi connectivity index (χ1v) is 8.89. The van der Waals surface area contributed by atoms with Crippen LogP contribution < -0.4 is 0 Å². The first-order chi connectivity index (χ1) is 10.1. The van der Waals surface area contributed by atoms with Gasteiger partial charge in [0.15, 0.2) is 5.78 Å². The molecule has 1 aromatic carbocycles. The maximum Gasteiger partial charge on any atom is 0.164 e. The maximum absolute atomic E-state index is 12.1. The lowest BCUT2D eigenvalue weighted by molar-refractivity contribution is 0.0979. The van der Waals surface area contributed by atoms with Crippen LogP contribution >= 0.6 is 23.2 Å². The van der Waals surface area contributed by atoms with Crippen LogP contribution in [0, 0.1) is 0 Å². The molecule has 0 aliphatic carbocycles. The van der Waals surface area contributed by atoms with E-state index >= 15 is 0 Å². The molecule has 0 bridgehead atoms. The fraction of sp³-hybridized carbons (Fsp3) is 0.611. The minimum atomic E-state index is 0.125. The molecule has 0 aliphatic rings. The van der Waals surface area contributed by atoms with Crippen LogP contribution in [0.3, 0.4) is 0 Å². The lowest BCUT2D eigenvalue weighted by Crippen LogP contribution is -1.99. The largest absolute Gasteiger partial charge is 0.294 e. The van der Waals surface area contributed by atoms with Gasteiger partial charge in [-0.2, -0.15) is 0 Å². The van der Waals surface area contributed by atoms with Crippen molar-refractivity contribution in [3.05, 3.63) is 33.8 Å². The molecule has 1 rings (SSSR count). The Morgan fingerprint density at radius 2 is 1.48 bits per heavy atom. The van der Waals surface area contributed by atoms with E-state index in [2.05, 4.69) is 6.92 Å². The lowest BCUT2D eigenvalue weighted by Gasteiger charge is -2.04. The van der Waals surface area contributed by atoms with Crippen LogP contribution in [-0.4, -0.2) is 5.78 Å². The molecule has 3 heteroatoms. The molecule has 0 spiro atoms. The summed E-state index contributed by atoms with van der Waals surface area (Å²) in [6, 6.07) is 5.07. The number of carbonyl (C=O) groups excluding carboxylic acids is 1. The highest BCUT2D eigenvalue weighted by atomic mass is 35.5. The number of Topliss-reactive ketones (excluding diaryl/α,β-unsaturated/α-hetero) is 1. The van der Waals surface area contributed by atoms with Crippen molar-refractivity contribution in [1.29, 1.82) is 0 Å². The molecule has 0 saturated heterocycles. The van der Waals surface area contributed by atoms with Crippen molar-refractivity contribution in [1.82, 2.24) is 0 Å². The molecule has 21 heavy (non-hydrogen) atoms. The van der Waals surface area contributed by atoms with E-state index in [-0.39, 0.29) is 5.78 Å². The number of hydrogen-bond acceptors (Lipinski definition) is 1. The van der Waals surface area contributed by atoms with Crippen molar-refractivity contribution in [3.63, 3.8) is 0 Å². The van der Waals surface area contributed by atoms with Gasteiger partial charge in [-0.1, -0.05) is 81.5 Å². The van der Waals surface area contributed by atoms with E-state index in [9.17, 15) is 4.79 Å². The average molecular weight is 329 g/mol. The second-order valence-corrected chi connectivity index (χ2v) is 6.47. The van der Waals surface area contributed by atoms with Gasteiger partial charge in [0, 0.05) is 17.0 Å². The van der Waals surface area contributed by atoms with Gasteiger partial charge < -0.3 is 0 Å². The van der Waals surface area contributed by atoms with Gasteiger partial charge in [0.1, 0.15) is 0 Å². The Morgan fingerprint density at radius 1 is 0.905 bits per heavy atom. The number of halogens is 2. The molecule has 1 nitrogen and oxygen atoms in total. The van der Waals surface area contributed by atoms with Crippen LogP contribution in [0.15, 0.2) is 18.2 Å². The monoisotopic (exact) mass is 328 g/mol. The molecule has 1 aromatic rings. The molecular weight excluding hydrogens is 303 g/mol. The van der Waals surface area contributed by atoms with Crippen molar-refractivity contribution in [2.75, 3.05) is 0 Å². The summed E-state index contributed by atoms with van der Waals surface area (Å²) in [5.74, 6) is 0.125. The van der Waals surface area contributed by atoms with Gasteiger partial charge >= 0.3 is 0 Å². The fourth-order valence-electron chi connectivity index (χ4n) is 2.45. The minimum absolute atomic E-state index is 0.125. The van der Waals surface area contributed by atoms with Crippen molar-refractivity contribution in [2.45, 2.75) is 71.1 Å². The topological polar surface area (TPSA) is 17.1 Å². The first kappa shape index (κ1) is 18.5. The number of hydrogen-bond donors (Lipinski definition) is 0. The average Bonchev–Trinajstić information content (AvgIpc) is 2.45. The number of carbonyl (C=O) groups is 1. The Labute approximate surface area is 139 Å². The molecule has 0 heterocycles. The highest BCUT2D eigenvalue weighted by molar-refractivity contribution is 6.36. The molecule has 0 N–H and O–H groups in total. The van der Waals surface area contributed by atoms with Crippen molar-refractivity contribution < 1.29 is 4.79 Å². The molecular formula is C18H26Cl2O. The molecule has 0 atom stereocenters. The van der Waals surface area contributed by atoms with Crippen LogP contribution in [0.5, 0.6) is 0 Å². The zero-order chi connectivity index (χ0) is 15.5. The van der Waals surface area contributed by atoms with E-state index in [1.165, 1.54) is 44.9 Å². The number of rotatable bonds is 11. The van der Waals surface area contributed by atoms with Crippen LogP contribution in [0.1, 0.15) is 81.5 Å². The van der Waals surface area contributed by atoms with Gasteiger partial charge in [0.2, 0.25) is 0 Å². The van der Waals surface area contributed by atoms with Crippen molar-refractivity contribution in [2.24, 2.45) is 0 Å². The molecule has 0 aromatic heterocycles. The van der Waals surface area contributed by atoms with Gasteiger partial charge in [0.25, 0.3) is 0 Å². The Kier molecular flexibility index (Phi) is 9.78. The van der Waals surface area contributed by atoms with Crippen molar-refractivity contribution in [3.8, 4) is 0 Å². The van der Waals surface area contributed by atoms with Crippen molar-refractivity contribution >= 4 is 29.0 Å². The second-order valence-electron chi connectivity index (χ2n) is 5.63. The highest BCUT2D eigenvalue weighted by Crippen LogP contribution is 2.23. The Balaban J connectivity index is 2.11. The maximum atomic E-state index is 12.1. The Hall–Kier alpha value is -0.530. The van der Waals surface area contributed by atoms with E-state index in [4.69, 9.17) is 23.2 Å². The van der Waals surface area contributed by atoms with E-state index in [0.29, 0.717) is 22.0 Å². The van der Waals surface area contributed by atoms with E-state index in [1.807, 2.05) is 0 Å². The molecule has 0 aliphatic heterocycles. The fourth-order valence-corrected chi connectivity index (χ4v) is 2.96. The van der Waals surface area contributed by atoms with Gasteiger partial charge in [-0.3, -0.25) is 4.79 Å². The van der Waals surface area contributed by atoms with Gasteiger partial charge in [-0.25, -0.2) is 0 Å². The smallest absolute Gasteiger partial charge is 0.164 e. The van der Waals surface area contributed by atoms with Crippen LogP contribution in [0.25, 0.3) is 0 Å². The highest BCUT2D eigenvalue weighted by Gasteiger charge is 2.10. The van der Waals surface area contributed by atoms with E-state index in [0.717, 1.165) is 12.8 Å². The Morgan fingerprint density at radius 3 is 2.05 bits per heavy atom.